The molecular formula is C14H27NOS. The number of carbonyl (C=O) groups excluding carboxylic acids is 1. The zero-order valence-electron chi connectivity index (χ0n) is 11.5. The van der Waals surface area contributed by atoms with Gasteiger partial charge in [-0.25, -0.2) is 0 Å². The fourth-order valence-corrected chi connectivity index (χ4v) is 3.31. The molecule has 1 fully saturated rings. The predicted octanol–water partition coefficient (Wildman–Crippen LogP) is 3.37. The Morgan fingerprint density at radius 1 is 1.35 bits per heavy atom. The van der Waals surface area contributed by atoms with Crippen LogP contribution >= 0.6 is 12.6 Å². The molecule has 1 unspecified atom stereocenters. The molecule has 0 aromatic heterocycles. The fraction of sp³-hybridized carbons (Fsp3) is 0.929. The predicted molar refractivity (Wildman–Crippen MR) is 76.5 cm³/mol. The standard InChI is InChI=1S/C14H27NOS/c1-4-7-12-8-13(16)15(9-12)10-14(5-2,6-3)11-17/h12,17H,4-11H2,1-3H3. The fourth-order valence-electron chi connectivity index (χ4n) is 2.76. The molecule has 1 rings (SSSR count). The second-order valence-corrected chi connectivity index (χ2v) is 5.81. The Balaban J connectivity index is 2.59. The van der Waals surface area contributed by atoms with Crippen LogP contribution in [0, 0.1) is 11.3 Å². The van der Waals surface area contributed by atoms with Crippen LogP contribution in [0.2, 0.25) is 0 Å². The van der Waals surface area contributed by atoms with Crippen molar-refractivity contribution in [1.29, 1.82) is 0 Å². The van der Waals surface area contributed by atoms with Gasteiger partial charge in [-0.1, -0.05) is 27.2 Å². The van der Waals surface area contributed by atoms with Gasteiger partial charge in [-0.3, -0.25) is 4.79 Å². The van der Waals surface area contributed by atoms with E-state index in [0.29, 0.717) is 11.8 Å². The number of carbonyl (C=O) groups is 1. The molecule has 0 saturated carbocycles. The average molecular weight is 257 g/mol. The third kappa shape index (κ3) is 3.64. The van der Waals surface area contributed by atoms with Gasteiger partial charge in [-0.05, 0) is 36.3 Å². The van der Waals surface area contributed by atoms with Crippen LogP contribution in [0.5, 0.6) is 0 Å². The van der Waals surface area contributed by atoms with E-state index in [1.54, 1.807) is 0 Å². The quantitative estimate of drug-likeness (QED) is 0.693. The van der Waals surface area contributed by atoms with E-state index < -0.39 is 0 Å². The Bertz CT molecular complexity index is 242. The molecule has 100 valence electrons. The second-order valence-electron chi connectivity index (χ2n) is 5.50. The van der Waals surface area contributed by atoms with E-state index in [2.05, 4.69) is 38.3 Å². The molecule has 1 heterocycles. The molecule has 0 bridgehead atoms. The van der Waals surface area contributed by atoms with Crippen LogP contribution in [-0.4, -0.2) is 29.6 Å². The zero-order valence-corrected chi connectivity index (χ0v) is 12.4. The SMILES string of the molecule is CCCC1CC(=O)N(CC(CC)(CC)CS)C1. The average Bonchev–Trinajstić information content (AvgIpc) is 2.67. The lowest BCUT2D eigenvalue weighted by molar-refractivity contribution is -0.129. The Morgan fingerprint density at radius 2 is 2.00 bits per heavy atom. The minimum absolute atomic E-state index is 0.222. The molecule has 1 aliphatic rings. The van der Waals surface area contributed by atoms with Gasteiger partial charge < -0.3 is 4.90 Å². The van der Waals surface area contributed by atoms with E-state index in [4.69, 9.17) is 0 Å². The topological polar surface area (TPSA) is 20.3 Å². The molecule has 0 aliphatic carbocycles. The normalized spacial score (nSPS) is 21.3. The van der Waals surface area contributed by atoms with E-state index in [0.717, 1.165) is 38.1 Å². The molecule has 2 nitrogen and oxygen atoms in total. The lowest BCUT2D eigenvalue weighted by atomic mass is 9.84. The molecule has 1 atom stereocenters. The molecule has 1 amide bonds. The van der Waals surface area contributed by atoms with Crippen LogP contribution in [-0.2, 0) is 4.79 Å². The van der Waals surface area contributed by atoms with Crippen LogP contribution in [0.1, 0.15) is 52.9 Å². The first-order chi connectivity index (χ1) is 8.10. The minimum Gasteiger partial charge on any atom is -0.342 e. The summed E-state index contributed by atoms with van der Waals surface area (Å²) in [4.78, 5) is 14.1. The monoisotopic (exact) mass is 257 g/mol. The molecule has 3 heteroatoms. The van der Waals surface area contributed by atoms with Crippen molar-refractivity contribution in [2.24, 2.45) is 11.3 Å². The van der Waals surface area contributed by atoms with E-state index in [1.165, 1.54) is 12.8 Å². The van der Waals surface area contributed by atoms with Gasteiger partial charge >= 0.3 is 0 Å². The van der Waals surface area contributed by atoms with Gasteiger partial charge in [0.2, 0.25) is 5.91 Å². The Labute approximate surface area is 112 Å². The summed E-state index contributed by atoms with van der Waals surface area (Å²) in [6.45, 7) is 8.50. The number of hydrogen-bond donors (Lipinski definition) is 1. The van der Waals surface area contributed by atoms with Gasteiger partial charge in [-0.15, -0.1) is 0 Å². The van der Waals surface area contributed by atoms with Crippen LogP contribution in [0.4, 0.5) is 0 Å². The summed E-state index contributed by atoms with van der Waals surface area (Å²) in [7, 11) is 0. The summed E-state index contributed by atoms with van der Waals surface area (Å²) in [6, 6.07) is 0. The molecule has 0 aromatic rings. The molecule has 1 saturated heterocycles. The first-order valence-electron chi connectivity index (χ1n) is 6.99. The van der Waals surface area contributed by atoms with Gasteiger partial charge in [-0.2, -0.15) is 12.6 Å². The largest absolute Gasteiger partial charge is 0.342 e. The molecule has 17 heavy (non-hydrogen) atoms. The van der Waals surface area contributed by atoms with Crippen LogP contribution in [0.25, 0.3) is 0 Å². The van der Waals surface area contributed by atoms with Crippen molar-refractivity contribution >= 4 is 18.5 Å². The number of likely N-dealkylation sites (tertiary alicyclic amines) is 1. The van der Waals surface area contributed by atoms with Crippen LogP contribution < -0.4 is 0 Å². The highest BCUT2D eigenvalue weighted by Crippen LogP contribution is 2.32. The first-order valence-corrected chi connectivity index (χ1v) is 7.62. The smallest absolute Gasteiger partial charge is 0.222 e. The maximum atomic E-state index is 12.0. The highest BCUT2D eigenvalue weighted by Gasteiger charge is 2.35. The third-order valence-electron chi connectivity index (χ3n) is 4.35. The number of hydrogen-bond acceptors (Lipinski definition) is 2. The Kier molecular flexibility index (Phi) is 5.84. The molecule has 0 N–H and O–H groups in total. The summed E-state index contributed by atoms with van der Waals surface area (Å²) in [5.74, 6) is 1.83. The van der Waals surface area contributed by atoms with Gasteiger partial charge in [0.05, 0.1) is 0 Å². The summed E-state index contributed by atoms with van der Waals surface area (Å²) in [5.41, 5.74) is 0.222. The van der Waals surface area contributed by atoms with Gasteiger partial charge in [0.25, 0.3) is 0 Å². The number of rotatable bonds is 7. The Morgan fingerprint density at radius 3 is 2.47 bits per heavy atom. The van der Waals surface area contributed by atoms with Gasteiger partial charge in [0.1, 0.15) is 0 Å². The van der Waals surface area contributed by atoms with Crippen LogP contribution in [0.15, 0.2) is 0 Å². The summed E-state index contributed by atoms with van der Waals surface area (Å²) < 4.78 is 0. The second kappa shape index (κ2) is 6.67. The van der Waals surface area contributed by atoms with Crippen molar-refractivity contribution in [2.45, 2.75) is 52.9 Å². The van der Waals surface area contributed by atoms with Crippen LogP contribution in [0.3, 0.4) is 0 Å². The Hall–Kier alpha value is -0.180. The molecule has 0 spiro atoms. The van der Waals surface area contributed by atoms with E-state index >= 15 is 0 Å². The van der Waals surface area contributed by atoms with Crippen molar-refractivity contribution in [3.63, 3.8) is 0 Å². The minimum atomic E-state index is 0.222. The summed E-state index contributed by atoms with van der Waals surface area (Å²) in [5, 5.41) is 0. The van der Waals surface area contributed by atoms with E-state index in [1.807, 2.05) is 0 Å². The highest BCUT2D eigenvalue weighted by molar-refractivity contribution is 7.80. The maximum Gasteiger partial charge on any atom is 0.222 e. The highest BCUT2D eigenvalue weighted by atomic mass is 32.1. The first kappa shape index (κ1) is 14.9. The maximum absolute atomic E-state index is 12.0. The van der Waals surface area contributed by atoms with Gasteiger partial charge in [0, 0.05) is 19.5 Å². The van der Waals surface area contributed by atoms with Crippen molar-refractivity contribution < 1.29 is 4.79 Å². The third-order valence-corrected chi connectivity index (χ3v) is 5.02. The van der Waals surface area contributed by atoms with Crippen molar-refractivity contribution in [3.8, 4) is 0 Å². The number of nitrogens with zero attached hydrogens (tertiary/aromatic N) is 1. The van der Waals surface area contributed by atoms with E-state index in [-0.39, 0.29) is 5.41 Å². The summed E-state index contributed by atoms with van der Waals surface area (Å²) in [6.07, 6.45) is 5.35. The molecular weight excluding hydrogens is 230 g/mol. The van der Waals surface area contributed by atoms with Gasteiger partial charge in [0.15, 0.2) is 0 Å². The number of amides is 1. The molecule has 0 aromatic carbocycles. The van der Waals surface area contributed by atoms with Crippen molar-refractivity contribution in [1.82, 2.24) is 4.90 Å². The lowest BCUT2D eigenvalue weighted by Crippen LogP contribution is -2.39. The van der Waals surface area contributed by atoms with Crippen molar-refractivity contribution in [3.05, 3.63) is 0 Å². The lowest BCUT2D eigenvalue weighted by Gasteiger charge is -2.34. The summed E-state index contributed by atoms with van der Waals surface area (Å²) >= 11 is 4.49. The number of thiol groups is 1. The molecule has 0 radical (unpaired) electrons. The zero-order chi connectivity index (χ0) is 12.9. The molecule has 1 aliphatic heterocycles. The van der Waals surface area contributed by atoms with E-state index in [9.17, 15) is 4.79 Å². The van der Waals surface area contributed by atoms with Crippen molar-refractivity contribution in [2.75, 3.05) is 18.8 Å².